The van der Waals surface area contributed by atoms with E-state index in [1.807, 2.05) is 6.92 Å². The van der Waals surface area contributed by atoms with Gasteiger partial charge in [-0.15, -0.1) is 5.26 Å². The first-order valence-corrected chi connectivity index (χ1v) is 10.6. The quantitative estimate of drug-likeness (QED) is 0.159. The third kappa shape index (κ3) is 23.1. The van der Waals surface area contributed by atoms with Crippen LogP contribution < -0.4 is 17.2 Å². The van der Waals surface area contributed by atoms with Crippen molar-refractivity contribution in [3.63, 3.8) is 0 Å². The maximum atomic E-state index is 11.9. The Bertz CT molecular complexity index is 1250. The number of carbonyl (C=O) groups excluding carboxylic acids is 3. The number of nitrogen functional groups attached to an aromatic ring is 2. The maximum absolute atomic E-state index is 11.9. The smallest absolute Gasteiger partial charge is 0.384 e. The van der Waals surface area contributed by atoms with Crippen LogP contribution in [0.4, 0.5) is 64.3 Å². The van der Waals surface area contributed by atoms with Crippen LogP contribution in [0.25, 0.3) is 0 Å². The van der Waals surface area contributed by atoms with Crippen LogP contribution in [0.2, 0.25) is 0 Å². The van der Waals surface area contributed by atoms with E-state index in [4.69, 9.17) is 27.7 Å². The first kappa shape index (κ1) is 46.9. The Hall–Kier alpha value is -5.07. The molecule has 2 rings (SSSR count). The minimum atomic E-state index is -5.07. The Balaban J connectivity index is -0.000000237. The van der Waals surface area contributed by atoms with Gasteiger partial charge in [0.1, 0.15) is 17.3 Å². The second kappa shape index (κ2) is 20.8. The zero-order chi connectivity index (χ0) is 37.0. The molecule has 0 unspecified atom stereocenters. The molecule has 6 N–H and O–H groups in total. The Morgan fingerprint density at radius 2 is 1.33 bits per heavy atom. The molecule has 0 saturated carbocycles. The van der Waals surface area contributed by atoms with E-state index in [9.17, 15) is 62.3 Å². The van der Waals surface area contributed by atoms with Gasteiger partial charge < -0.3 is 21.9 Å². The monoisotopic (exact) mass is 682 g/mol. The first-order valence-electron chi connectivity index (χ1n) is 10.6. The van der Waals surface area contributed by atoms with Crippen LogP contribution in [0.1, 0.15) is 25.2 Å². The normalized spacial score (nSPS) is 10.4. The minimum Gasteiger partial charge on any atom is -0.384 e. The number of hydrogen-bond donors (Lipinski definition) is 3. The molecule has 0 aromatic carbocycles. The van der Waals surface area contributed by atoms with E-state index < -0.39 is 48.0 Å². The Labute approximate surface area is 245 Å². The molecule has 2 heterocycles. The van der Waals surface area contributed by atoms with Gasteiger partial charge in [0, 0.05) is 33.2 Å². The largest absolute Gasteiger partial charge is 0.686 e. The summed E-state index contributed by atoms with van der Waals surface area (Å²) in [7, 11) is 2.55. The van der Waals surface area contributed by atoms with Crippen LogP contribution in [-0.4, -0.2) is 57.2 Å². The molecule has 0 spiro atoms. The second-order valence-electron chi connectivity index (χ2n) is 6.69. The first-order chi connectivity index (χ1) is 20.1. The fraction of sp³-hybridized carbons (Fsp3) is 0.450. The maximum Gasteiger partial charge on any atom is 0.686 e. The molecule has 0 fully saturated rings. The van der Waals surface area contributed by atoms with Crippen molar-refractivity contribution in [1.29, 1.82) is 10.5 Å². The van der Waals surface area contributed by atoms with E-state index in [-0.39, 0.29) is 11.6 Å². The summed E-state index contributed by atoms with van der Waals surface area (Å²) in [5, 5.41) is 21.2. The molecule has 0 atom stereocenters. The highest BCUT2D eigenvalue weighted by Gasteiger charge is 2.51. The number of hydrogen-bond acceptors (Lipinski definition) is 10. The fourth-order valence-electron chi connectivity index (χ4n) is 1.56. The van der Waals surface area contributed by atoms with Crippen molar-refractivity contribution in [3.05, 3.63) is 23.5 Å². The van der Waals surface area contributed by atoms with Crippen LogP contribution in [0.3, 0.4) is 0 Å². The third-order valence-corrected chi connectivity index (χ3v) is 3.13. The topological polar surface area (TPSA) is 216 Å². The zero-order valence-electron chi connectivity index (χ0n) is 23.2. The highest BCUT2D eigenvalue weighted by molar-refractivity contribution is 5.76. The number of carbonyl (C=O) groups is 2. The van der Waals surface area contributed by atoms with Gasteiger partial charge in [-0.05, 0) is 6.54 Å². The molecule has 2 aromatic rings. The summed E-state index contributed by atoms with van der Waals surface area (Å²) in [6.07, 6.45) is -18.2. The number of alkyl halides is 12. The number of rotatable bonds is 0. The molecular formula is C20H24F12N9O4+. The predicted molar refractivity (Wildman–Crippen MR) is 127 cm³/mol. The Morgan fingerprint density at radius 3 is 1.44 bits per heavy atom. The average molecular weight is 682 g/mol. The summed E-state index contributed by atoms with van der Waals surface area (Å²) in [6.45, 7) is 6.37. The van der Waals surface area contributed by atoms with Gasteiger partial charge in [0.15, 0.2) is 12.5 Å². The number of anilines is 2. The van der Waals surface area contributed by atoms with Crippen molar-refractivity contribution >= 4 is 30.4 Å². The molecule has 0 saturated heterocycles. The molecule has 45 heavy (non-hydrogen) atoms. The van der Waals surface area contributed by atoms with Crippen LogP contribution in [0.5, 0.6) is 0 Å². The molecule has 0 amide bonds. The van der Waals surface area contributed by atoms with Crippen molar-refractivity contribution in [2.24, 2.45) is 19.8 Å². The van der Waals surface area contributed by atoms with Crippen LogP contribution >= 0.6 is 0 Å². The van der Waals surface area contributed by atoms with Crippen LogP contribution in [-0.2, 0) is 45.2 Å². The molecule has 2 aromatic heterocycles. The van der Waals surface area contributed by atoms with Crippen molar-refractivity contribution in [1.82, 2.24) is 19.6 Å². The number of halogens is 12. The lowest BCUT2D eigenvalue weighted by Gasteiger charge is -2.04. The molecule has 0 aliphatic carbocycles. The van der Waals surface area contributed by atoms with Crippen LogP contribution in [0, 0.1) is 22.8 Å². The van der Waals surface area contributed by atoms with Gasteiger partial charge in [0.05, 0.1) is 10.9 Å². The number of esters is 1. The molecular weight excluding hydrogens is 658 g/mol. The molecule has 0 radical (unpaired) electrons. The Kier molecular flexibility index (Phi) is 21.6. The van der Waals surface area contributed by atoms with E-state index in [1.54, 1.807) is 6.07 Å². The molecule has 0 bridgehead atoms. The number of nitriles is 2. The van der Waals surface area contributed by atoms with Crippen molar-refractivity contribution in [2.45, 2.75) is 38.6 Å². The molecule has 13 nitrogen and oxygen atoms in total. The molecule has 256 valence electrons. The molecule has 25 heteroatoms. The Morgan fingerprint density at radius 1 is 0.911 bits per heavy atom. The number of ether oxygens (including phenoxy) is 1. The predicted octanol–water partition coefficient (Wildman–Crippen LogP) is 3.55. The van der Waals surface area contributed by atoms with Gasteiger partial charge in [-0.1, -0.05) is 6.92 Å². The summed E-state index contributed by atoms with van der Waals surface area (Å²) < 4.78 is 145. The number of aryl methyl sites for hydroxylation is 2. The standard InChI is InChI=1S/2C5H6F3N3.C3F3NO2.C3H2F3O2.C2H7N.C2H3N/c1-11-3(5(6,7)8)2-4(9)10-11;1-11-4(9)2-3(10-11)5(6,7)8;4-3(5,6)2(8)9-1-7;1-8-2(7)3(4,5)6;2*1-2-3/h2H,1H3,(H2,9,10);2H,9H2,1H3;;1H2;2-3H2,1H3;1H3/q;;;+1;;. The number of nitrogens with zero attached hydrogens (tertiary/aromatic N) is 6. The summed E-state index contributed by atoms with van der Waals surface area (Å²) in [6, 6.07) is 3.33. The van der Waals surface area contributed by atoms with E-state index >= 15 is 0 Å². The van der Waals surface area contributed by atoms with Crippen LogP contribution in [0.15, 0.2) is 12.1 Å². The highest BCUT2D eigenvalue weighted by Crippen LogP contribution is 2.30. The van der Waals surface area contributed by atoms with Gasteiger partial charge in [-0.25, -0.2) is 4.79 Å². The summed E-state index contributed by atoms with van der Waals surface area (Å²) in [4.78, 5) is 18.9. The lowest BCUT2D eigenvalue weighted by atomic mass is 10.4. The fourth-order valence-corrected chi connectivity index (χ4v) is 1.56. The highest BCUT2D eigenvalue weighted by atomic mass is 19.4. The van der Waals surface area contributed by atoms with Gasteiger partial charge in [-0.3, -0.25) is 13.8 Å². The van der Waals surface area contributed by atoms with Crippen molar-refractivity contribution < 1.29 is 71.4 Å². The van der Waals surface area contributed by atoms with Crippen molar-refractivity contribution in [2.75, 3.05) is 18.0 Å². The summed E-state index contributed by atoms with van der Waals surface area (Å²) in [5.74, 6) is -4.90. The van der Waals surface area contributed by atoms with E-state index in [0.29, 0.717) is 10.9 Å². The second-order valence-corrected chi connectivity index (χ2v) is 6.69. The van der Waals surface area contributed by atoms with E-state index in [1.165, 1.54) is 21.0 Å². The number of aromatic nitrogens is 4. The van der Waals surface area contributed by atoms with Gasteiger partial charge in [0.25, 0.3) is 6.26 Å². The average Bonchev–Trinajstić information content (AvgIpc) is 3.39. The molecule has 0 aliphatic rings. The minimum absolute atomic E-state index is 0.00248. The van der Waals surface area contributed by atoms with Crippen molar-refractivity contribution in [3.8, 4) is 12.3 Å². The third-order valence-electron chi connectivity index (χ3n) is 3.13. The van der Waals surface area contributed by atoms with Gasteiger partial charge in [-0.2, -0.15) is 68.1 Å². The number of nitrogens with two attached hydrogens (primary N) is 3. The molecule has 0 aliphatic heterocycles. The zero-order valence-corrected chi connectivity index (χ0v) is 23.2. The summed E-state index contributed by atoms with van der Waals surface area (Å²) >= 11 is 0. The van der Waals surface area contributed by atoms with Gasteiger partial charge >= 0.3 is 36.6 Å². The van der Waals surface area contributed by atoms with E-state index in [0.717, 1.165) is 23.4 Å². The SMILES string of the molecule is C=[O+]C(=O)C(F)(F)F.CC#N.CCN.Cn1nc(C(F)(F)F)cc1N.Cn1nc(N)cc1C(F)(F)F.N#COC(=O)C(F)(F)F. The summed E-state index contributed by atoms with van der Waals surface area (Å²) in [5.41, 5.74) is 13.2. The lowest BCUT2D eigenvalue weighted by molar-refractivity contribution is -0.398. The lowest BCUT2D eigenvalue weighted by Crippen LogP contribution is -2.23. The van der Waals surface area contributed by atoms with Gasteiger partial charge in [0.2, 0.25) is 0 Å². The van der Waals surface area contributed by atoms with E-state index in [2.05, 4.69) is 26.1 Å².